The summed E-state index contributed by atoms with van der Waals surface area (Å²) in [6.07, 6.45) is 12.4. The summed E-state index contributed by atoms with van der Waals surface area (Å²) in [7, 11) is 4.32. The van der Waals surface area contributed by atoms with Crippen molar-refractivity contribution in [3.8, 4) is 0 Å². The van der Waals surface area contributed by atoms with Gasteiger partial charge >= 0.3 is 0 Å². The second kappa shape index (κ2) is 11.0. The van der Waals surface area contributed by atoms with Crippen molar-refractivity contribution < 1.29 is 0 Å². The first kappa shape index (κ1) is 19.6. The van der Waals surface area contributed by atoms with Crippen molar-refractivity contribution in [3.05, 3.63) is 0 Å². The fourth-order valence-corrected chi connectivity index (χ4v) is 4.26. The summed E-state index contributed by atoms with van der Waals surface area (Å²) in [4.78, 5) is 9.74. The van der Waals surface area contributed by atoms with E-state index < -0.39 is 0 Å². The van der Waals surface area contributed by atoms with Gasteiger partial charge in [0, 0.05) is 26.2 Å². The Kier molecular flexibility index (Phi) is 8.93. The summed E-state index contributed by atoms with van der Waals surface area (Å²) < 4.78 is 0. The molecule has 0 aromatic carbocycles. The minimum Gasteiger partial charge on any atom is -0.357 e. The van der Waals surface area contributed by atoms with Crippen molar-refractivity contribution in [1.82, 2.24) is 15.1 Å². The van der Waals surface area contributed by atoms with Crippen molar-refractivity contribution in [2.24, 2.45) is 16.8 Å². The van der Waals surface area contributed by atoms with Gasteiger partial charge in [0.2, 0.25) is 0 Å². The fraction of sp³-hybridized carbons (Fsp3) is 0.950. The number of guanidine groups is 1. The maximum Gasteiger partial charge on any atom is 0.193 e. The number of unbranched alkanes of at least 4 members (excludes halogenated alkanes) is 4. The van der Waals surface area contributed by atoms with Gasteiger partial charge in [0.15, 0.2) is 5.96 Å². The van der Waals surface area contributed by atoms with E-state index >= 15 is 0 Å². The number of hydrogen-bond acceptors (Lipinski definition) is 2. The average Bonchev–Trinajstić information content (AvgIpc) is 2.99. The normalized spacial score (nSPS) is 24.5. The number of nitrogens with one attached hydrogen (secondary N) is 1. The van der Waals surface area contributed by atoms with E-state index in [1.54, 1.807) is 0 Å². The minimum atomic E-state index is 0.930. The van der Waals surface area contributed by atoms with E-state index in [-0.39, 0.29) is 0 Å². The summed E-state index contributed by atoms with van der Waals surface area (Å²) in [5, 5.41) is 3.53. The highest BCUT2D eigenvalue weighted by molar-refractivity contribution is 5.80. The molecule has 1 N–H and O–H groups in total. The average molecular weight is 337 g/mol. The predicted molar refractivity (Wildman–Crippen MR) is 105 cm³/mol. The first-order chi connectivity index (χ1) is 11.7. The summed E-state index contributed by atoms with van der Waals surface area (Å²) in [5.74, 6) is 3.04. The molecule has 2 fully saturated rings. The predicted octanol–water partition coefficient (Wildman–Crippen LogP) is 3.59. The topological polar surface area (TPSA) is 30.9 Å². The third-order valence-electron chi connectivity index (χ3n) is 5.64. The highest BCUT2D eigenvalue weighted by Gasteiger charge is 2.35. The van der Waals surface area contributed by atoms with Gasteiger partial charge in [0.1, 0.15) is 0 Å². The van der Waals surface area contributed by atoms with Gasteiger partial charge in [-0.25, -0.2) is 0 Å². The van der Waals surface area contributed by atoms with Crippen LogP contribution in [0.25, 0.3) is 0 Å². The molecular weight excluding hydrogens is 296 g/mol. The van der Waals surface area contributed by atoms with Gasteiger partial charge in [0.25, 0.3) is 0 Å². The number of hydrogen-bond donors (Lipinski definition) is 1. The molecule has 1 saturated carbocycles. The van der Waals surface area contributed by atoms with E-state index in [4.69, 9.17) is 4.99 Å². The maximum absolute atomic E-state index is 4.92. The molecule has 0 aromatic heterocycles. The molecule has 1 saturated heterocycles. The van der Waals surface area contributed by atoms with Crippen LogP contribution in [0.5, 0.6) is 0 Å². The summed E-state index contributed by atoms with van der Waals surface area (Å²) in [6.45, 7) is 7.85. The third kappa shape index (κ3) is 6.62. The van der Waals surface area contributed by atoms with Crippen molar-refractivity contribution in [2.45, 2.75) is 64.7 Å². The molecule has 0 radical (unpaired) electrons. The van der Waals surface area contributed by atoms with Crippen LogP contribution < -0.4 is 5.32 Å². The van der Waals surface area contributed by atoms with E-state index in [9.17, 15) is 0 Å². The molecule has 1 heterocycles. The fourth-order valence-electron chi connectivity index (χ4n) is 4.26. The highest BCUT2D eigenvalue weighted by Crippen LogP contribution is 2.35. The number of aliphatic imine (C=N–C) groups is 1. The first-order valence-corrected chi connectivity index (χ1v) is 10.4. The monoisotopic (exact) mass is 336 g/mol. The zero-order valence-electron chi connectivity index (χ0n) is 16.4. The Morgan fingerprint density at radius 1 is 1.00 bits per heavy atom. The maximum atomic E-state index is 4.92. The lowest BCUT2D eigenvalue weighted by Crippen LogP contribution is -2.40. The van der Waals surface area contributed by atoms with Gasteiger partial charge in [-0.15, -0.1) is 0 Å². The molecule has 4 nitrogen and oxygen atoms in total. The van der Waals surface area contributed by atoms with Crippen LogP contribution in [0.3, 0.4) is 0 Å². The van der Waals surface area contributed by atoms with Gasteiger partial charge < -0.3 is 15.1 Å². The molecule has 2 unspecified atom stereocenters. The Balaban J connectivity index is 1.65. The number of rotatable bonds is 9. The van der Waals surface area contributed by atoms with Crippen LogP contribution >= 0.6 is 0 Å². The van der Waals surface area contributed by atoms with E-state index in [1.165, 1.54) is 83.4 Å². The third-order valence-corrected chi connectivity index (χ3v) is 5.64. The molecule has 2 atom stereocenters. The largest absolute Gasteiger partial charge is 0.357 e. The van der Waals surface area contributed by atoms with E-state index in [1.807, 2.05) is 0 Å². The van der Waals surface area contributed by atoms with Crippen LogP contribution in [0, 0.1) is 11.8 Å². The van der Waals surface area contributed by atoms with Crippen LogP contribution in [0.15, 0.2) is 4.99 Å². The second-order valence-electron chi connectivity index (χ2n) is 8.02. The smallest absolute Gasteiger partial charge is 0.193 e. The molecule has 0 amide bonds. The molecule has 1 aliphatic carbocycles. The van der Waals surface area contributed by atoms with Crippen molar-refractivity contribution in [2.75, 3.05) is 46.8 Å². The molecular formula is C20H40N4. The molecule has 1 aliphatic heterocycles. The lowest BCUT2D eigenvalue weighted by Gasteiger charge is -2.22. The summed E-state index contributed by atoms with van der Waals surface area (Å²) in [6, 6.07) is 0. The van der Waals surface area contributed by atoms with Crippen LogP contribution in [-0.2, 0) is 0 Å². The van der Waals surface area contributed by atoms with Gasteiger partial charge in [-0.2, -0.15) is 0 Å². The Morgan fingerprint density at radius 2 is 1.62 bits per heavy atom. The van der Waals surface area contributed by atoms with Crippen molar-refractivity contribution in [3.63, 3.8) is 0 Å². The molecule has 2 rings (SSSR count). The highest BCUT2D eigenvalue weighted by atomic mass is 15.3. The Bertz CT molecular complexity index is 353. The Labute approximate surface area is 150 Å². The van der Waals surface area contributed by atoms with Gasteiger partial charge in [-0.05, 0) is 65.1 Å². The number of fused-ring (bicyclic) bond motifs is 1. The van der Waals surface area contributed by atoms with E-state index in [2.05, 4.69) is 36.1 Å². The van der Waals surface area contributed by atoms with Gasteiger partial charge in [-0.1, -0.05) is 32.1 Å². The Hall–Kier alpha value is -0.770. The standard InChI is InChI=1S/C20H40N4/c1-4-21-20(22-14-10-6-5-7-11-15-23(2)3)24-16-18-12-8-9-13-19(18)17-24/h18-19H,4-17H2,1-3H3,(H,21,22). The Morgan fingerprint density at radius 3 is 2.25 bits per heavy atom. The lowest BCUT2D eigenvalue weighted by atomic mass is 9.82. The van der Waals surface area contributed by atoms with E-state index in [0.717, 1.165) is 24.9 Å². The van der Waals surface area contributed by atoms with Crippen molar-refractivity contribution >= 4 is 5.96 Å². The minimum absolute atomic E-state index is 0.930. The lowest BCUT2D eigenvalue weighted by molar-refractivity contribution is 0.299. The van der Waals surface area contributed by atoms with Gasteiger partial charge in [0.05, 0.1) is 0 Å². The zero-order valence-corrected chi connectivity index (χ0v) is 16.4. The molecule has 0 aromatic rings. The van der Waals surface area contributed by atoms with Crippen LogP contribution in [0.1, 0.15) is 64.7 Å². The van der Waals surface area contributed by atoms with Crippen LogP contribution in [0.4, 0.5) is 0 Å². The summed E-state index contributed by atoms with van der Waals surface area (Å²) in [5.41, 5.74) is 0. The SMILES string of the molecule is CCNC(=NCCCCCCCN(C)C)N1CC2CCCCC2C1. The van der Waals surface area contributed by atoms with E-state index in [0.29, 0.717) is 0 Å². The molecule has 140 valence electrons. The quantitative estimate of drug-likeness (QED) is 0.397. The first-order valence-electron chi connectivity index (χ1n) is 10.4. The number of nitrogens with zero attached hydrogens (tertiary/aromatic N) is 3. The number of likely N-dealkylation sites (tertiary alicyclic amines) is 1. The molecule has 4 heteroatoms. The van der Waals surface area contributed by atoms with Crippen molar-refractivity contribution in [1.29, 1.82) is 0 Å². The summed E-state index contributed by atoms with van der Waals surface area (Å²) >= 11 is 0. The molecule has 0 spiro atoms. The molecule has 2 aliphatic rings. The molecule has 0 bridgehead atoms. The molecule has 24 heavy (non-hydrogen) atoms. The van der Waals surface area contributed by atoms with Gasteiger partial charge in [-0.3, -0.25) is 4.99 Å². The van der Waals surface area contributed by atoms with Crippen LogP contribution in [0.2, 0.25) is 0 Å². The van der Waals surface area contributed by atoms with Crippen LogP contribution in [-0.4, -0.2) is 62.6 Å². The second-order valence-corrected chi connectivity index (χ2v) is 8.02. The zero-order chi connectivity index (χ0) is 17.2.